The molecule has 2 aliphatic rings. The van der Waals surface area contributed by atoms with Crippen LogP contribution >= 0.6 is 0 Å². The highest BCUT2D eigenvalue weighted by Crippen LogP contribution is 2.50. The lowest BCUT2D eigenvalue weighted by Crippen LogP contribution is -2.35. The van der Waals surface area contributed by atoms with E-state index in [4.69, 9.17) is 4.52 Å². The van der Waals surface area contributed by atoms with Gasteiger partial charge in [0.25, 0.3) is 0 Å². The second-order valence-electron chi connectivity index (χ2n) is 7.53. The van der Waals surface area contributed by atoms with Crippen molar-refractivity contribution in [2.24, 2.45) is 5.92 Å². The molecule has 0 N–H and O–H groups in total. The zero-order chi connectivity index (χ0) is 18.2. The highest BCUT2D eigenvalue weighted by atomic mass is 32.2. The van der Waals surface area contributed by atoms with E-state index >= 15 is 0 Å². The lowest BCUT2D eigenvalue weighted by Gasteiger charge is -2.24. The second-order valence-corrected chi connectivity index (χ2v) is 9.62. The molecule has 4 rings (SSSR count). The molecule has 7 heteroatoms. The van der Waals surface area contributed by atoms with Crippen LogP contribution in [0.3, 0.4) is 0 Å². The van der Waals surface area contributed by atoms with Crippen molar-refractivity contribution < 1.29 is 12.9 Å². The Bertz CT molecular complexity index is 865. The summed E-state index contributed by atoms with van der Waals surface area (Å²) in [5.41, 5.74) is 0.835. The molecule has 1 saturated heterocycles. The summed E-state index contributed by atoms with van der Waals surface area (Å²) in [6.07, 6.45) is 4.29. The first-order valence-electron chi connectivity index (χ1n) is 9.38. The predicted octanol–water partition coefficient (Wildman–Crippen LogP) is 2.75. The van der Waals surface area contributed by atoms with Gasteiger partial charge in [0.05, 0.1) is 11.2 Å². The van der Waals surface area contributed by atoms with Gasteiger partial charge < -0.3 is 4.52 Å². The fraction of sp³-hybridized carbons (Fsp3) is 0.579. The third kappa shape index (κ3) is 3.07. The van der Waals surface area contributed by atoms with Gasteiger partial charge in [0.1, 0.15) is 0 Å². The Morgan fingerprint density at radius 1 is 1.31 bits per heavy atom. The van der Waals surface area contributed by atoms with E-state index in [1.807, 2.05) is 37.3 Å². The first-order chi connectivity index (χ1) is 12.5. The minimum atomic E-state index is -3.20. The zero-order valence-corrected chi connectivity index (χ0v) is 15.9. The largest absolute Gasteiger partial charge is 0.339 e. The molecule has 1 aliphatic heterocycles. The second kappa shape index (κ2) is 6.78. The van der Waals surface area contributed by atoms with Gasteiger partial charge in [0.2, 0.25) is 15.9 Å². The summed E-state index contributed by atoms with van der Waals surface area (Å²) in [4.78, 5) is 4.68. The predicted molar refractivity (Wildman–Crippen MR) is 98.2 cm³/mol. The SMILES string of the molecule is CCCS(=O)(=O)N1C[C@H]2CCC[C@@]2(c2nc(Cc3ccccc3)no2)C1. The number of benzene rings is 1. The summed E-state index contributed by atoms with van der Waals surface area (Å²) >= 11 is 0. The van der Waals surface area contributed by atoms with Gasteiger partial charge in [-0.25, -0.2) is 12.7 Å². The summed E-state index contributed by atoms with van der Waals surface area (Å²) in [7, 11) is -3.20. The Labute approximate surface area is 154 Å². The molecule has 0 radical (unpaired) electrons. The van der Waals surface area contributed by atoms with Crippen LogP contribution in [-0.2, 0) is 21.9 Å². The topological polar surface area (TPSA) is 76.3 Å². The van der Waals surface area contributed by atoms with Gasteiger partial charge >= 0.3 is 0 Å². The van der Waals surface area contributed by atoms with Crippen molar-refractivity contribution >= 4 is 10.0 Å². The van der Waals surface area contributed by atoms with E-state index in [1.54, 1.807) is 4.31 Å². The Hall–Kier alpha value is -1.73. The summed E-state index contributed by atoms with van der Waals surface area (Å²) in [6.45, 7) is 2.96. The molecule has 0 bridgehead atoms. The van der Waals surface area contributed by atoms with Crippen molar-refractivity contribution in [3.8, 4) is 0 Å². The monoisotopic (exact) mass is 375 g/mol. The van der Waals surface area contributed by atoms with E-state index in [-0.39, 0.29) is 17.1 Å². The maximum Gasteiger partial charge on any atom is 0.234 e. The smallest absolute Gasteiger partial charge is 0.234 e. The molecule has 1 aromatic heterocycles. The van der Waals surface area contributed by atoms with E-state index in [0.29, 0.717) is 37.6 Å². The molecule has 1 saturated carbocycles. The van der Waals surface area contributed by atoms with Crippen LogP contribution in [0.25, 0.3) is 0 Å². The molecule has 1 aromatic carbocycles. The average Bonchev–Trinajstić information content (AvgIpc) is 3.29. The third-order valence-corrected chi connectivity index (χ3v) is 7.78. The summed E-state index contributed by atoms with van der Waals surface area (Å²) < 4.78 is 32.4. The van der Waals surface area contributed by atoms with Crippen LogP contribution in [0, 0.1) is 5.92 Å². The van der Waals surface area contributed by atoms with Crippen LogP contribution in [-0.4, -0.2) is 41.7 Å². The fourth-order valence-corrected chi connectivity index (χ4v) is 6.11. The molecule has 26 heavy (non-hydrogen) atoms. The molecule has 140 valence electrons. The van der Waals surface area contributed by atoms with Crippen molar-refractivity contribution in [3.05, 3.63) is 47.6 Å². The number of hydrogen-bond acceptors (Lipinski definition) is 5. The molecule has 2 fully saturated rings. The van der Waals surface area contributed by atoms with Crippen LogP contribution in [0.15, 0.2) is 34.9 Å². The number of rotatable bonds is 6. The van der Waals surface area contributed by atoms with Gasteiger partial charge in [-0.3, -0.25) is 0 Å². The fourth-order valence-electron chi connectivity index (χ4n) is 4.50. The van der Waals surface area contributed by atoms with E-state index in [1.165, 1.54) is 0 Å². The summed E-state index contributed by atoms with van der Waals surface area (Å²) in [5.74, 6) is 1.78. The van der Waals surface area contributed by atoms with Crippen LogP contribution in [0.5, 0.6) is 0 Å². The third-order valence-electron chi connectivity index (χ3n) is 5.79. The minimum Gasteiger partial charge on any atom is -0.339 e. The van der Waals surface area contributed by atoms with E-state index in [2.05, 4.69) is 10.1 Å². The van der Waals surface area contributed by atoms with Crippen LogP contribution in [0.2, 0.25) is 0 Å². The van der Waals surface area contributed by atoms with E-state index < -0.39 is 10.0 Å². The molecule has 6 nitrogen and oxygen atoms in total. The number of fused-ring (bicyclic) bond motifs is 1. The molecule has 1 aliphatic carbocycles. The molecular formula is C19H25N3O3S. The number of sulfonamides is 1. The Morgan fingerprint density at radius 3 is 2.88 bits per heavy atom. The molecule has 2 aromatic rings. The molecule has 0 unspecified atom stereocenters. The Balaban J connectivity index is 1.58. The van der Waals surface area contributed by atoms with Crippen molar-refractivity contribution in [3.63, 3.8) is 0 Å². The normalized spacial score (nSPS) is 26.3. The average molecular weight is 375 g/mol. The lowest BCUT2D eigenvalue weighted by atomic mass is 9.80. The summed E-state index contributed by atoms with van der Waals surface area (Å²) in [5, 5.41) is 4.18. The number of hydrogen-bond donors (Lipinski definition) is 0. The molecule has 0 amide bonds. The van der Waals surface area contributed by atoms with Crippen LogP contribution in [0.1, 0.15) is 49.9 Å². The maximum absolute atomic E-state index is 12.5. The standard InChI is InChI=1S/C19H25N3O3S/c1-2-11-26(23,24)22-13-16-9-6-10-19(16,14-22)18-20-17(21-25-18)12-15-7-4-3-5-8-15/h3-5,7-8,16H,2,6,9-14H2,1H3/t16-,19-/m1/s1. The first kappa shape index (κ1) is 17.7. The van der Waals surface area contributed by atoms with Crippen LogP contribution in [0.4, 0.5) is 0 Å². The van der Waals surface area contributed by atoms with Gasteiger partial charge in [-0.05, 0) is 30.7 Å². The van der Waals surface area contributed by atoms with Crippen molar-refractivity contribution in [2.75, 3.05) is 18.8 Å². The van der Waals surface area contributed by atoms with E-state index in [0.717, 1.165) is 24.8 Å². The minimum absolute atomic E-state index is 0.207. The number of nitrogens with zero attached hydrogens (tertiary/aromatic N) is 3. The highest BCUT2D eigenvalue weighted by molar-refractivity contribution is 7.89. The number of aromatic nitrogens is 2. The van der Waals surface area contributed by atoms with Crippen LogP contribution < -0.4 is 0 Å². The van der Waals surface area contributed by atoms with Gasteiger partial charge in [-0.15, -0.1) is 0 Å². The van der Waals surface area contributed by atoms with Crippen molar-refractivity contribution in [1.29, 1.82) is 0 Å². The highest BCUT2D eigenvalue weighted by Gasteiger charge is 2.56. The molecule has 0 spiro atoms. The Kier molecular flexibility index (Phi) is 4.61. The van der Waals surface area contributed by atoms with Crippen molar-refractivity contribution in [2.45, 2.75) is 44.4 Å². The zero-order valence-electron chi connectivity index (χ0n) is 15.1. The maximum atomic E-state index is 12.5. The molecular weight excluding hydrogens is 350 g/mol. The lowest BCUT2D eigenvalue weighted by molar-refractivity contribution is 0.260. The van der Waals surface area contributed by atoms with Crippen molar-refractivity contribution in [1.82, 2.24) is 14.4 Å². The van der Waals surface area contributed by atoms with Gasteiger partial charge in [0.15, 0.2) is 5.82 Å². The van der Waals surface area contributed by atoms with Gasteiger partial charge in [-0.1, -0.05) is 48.8 Å². The summed E-state index contributed by atoms with van der Waals surface area (Å²) in [6, 6.07) is 10.1. The quantitative estimate of drug-likeness (QED) is 0.776. The van der Waals surface area contributed by atoms with Gasteiger partial charge in [0, 0.05) is 19.5 Å². The van der Waals surface area contributed by atoms with Gasteiger partial charge in [-0.2, -0.15) is 4.98 Å². The first-order valence-corrected chi connectivity index (χ1v) is 11.0. The Morgan fingerprint density at radius 2 is 2.12 bits per heavy atom. The molecule has 2 atom stereocenters. The van der Waals surface area contributed by atoms with E-state index in [9.17, 15) is 8.42 Å². The molecule has 2 heterocycles.